The lowest BCUT2D eigenvalue weighted by Gasteiger charge is -2.39. The fourth-order valence-corrected chi connectivity index (χ4v) is 5.43. The van der Waals surface area contributed by atoms with Gasteiger partial charge in [-0.05, 0) is 77.0 Å². The Morgan fingerprint density at radius 1 is 0.561 bits per heavy atom. The average Bonchev–Trinajstić information content (AvgIpc) is 3.21. The Labute approximate surface area is 342 Å². The Morgan fingerprint density at radius 3 is 1.54 bits per heavy atom. The summed E-state index contributed by atoms with van der Waals surface area (Å²) in [6.45, 7) is 3.03. The first-order valence-corrected chi connectivity index (χ1v) is 21.0. The summed E-state index contributed by atoms with van der Waals surface area (Å²) in [6, 6.07) is 0. The van der Waals surface area contributed by atoms with E-state index < -0.39 is 55.4 Å². The molecule has 0 bridgehead atoms. The van der Waals surface area contributed by atoms with Crippen LogP contribution in [0.2, 0.25) is 0 Å². The average molecular weight is 797 g/mol. The number of unbranched alkanes of at least 4 members (excludes halogenated alkanes) is 4. The third-order valence-electron chi connectivity index (χ3n) is 8.69. The Morgan fingerprint density at radius 2 is 1.04 bits per heavy atom. The van der Waals surface area contributed by atoms with Gasteiger partial charge in [0.2, 0.25) is 0 Å². The zero-order valence-corrected chi connectivity index (χ0v) is 34.5. The maximum atomic E-state index is 12.7. The third-order valence-corrected chi connectivity index (χ3v) is 8.69. The molecule has 1 saturated heterocycles. The van der Waals surface area contributed by atoms with Gasteiger partial charge in [0, 0.05) is 6.42 Å². The van der Waals surface area contributed by atoms with E-state index in [1.165, 1.54) is 0 Å². The summed E-state index contributed by atoms with van der Waals surface area (Å²) in [5.41, 5.74) is 0. The smallest absolute Gasteiger partial charge is 0.310 e. The third kappa shape index (κ3) is 28.4. The highest BCUT2D eigenvalue weighted by molar-refractivity contribution is 5.71. The van der Waals surface area contributed by atoms with Gasteiger partial charge in [0.25, 0.3) is 0 Å². The van der Waals surface area contributed by atoms with Gasteiger partial charge in [-0.2, -0.15) is 0 Å². The summed E-state index contributed by atoms with van der Waals surface area (Å²) < 4.78 is 22.0. The molecular formula is C47H72O10. The van der Waals surface area contributed by atoms with Crippen LogP contribution in [0.25, 0.3) is 0 Å². The summed E-state index contributed by atoms with van der Waals surface area (Å²) in [6.07, 6.45) is 42.6. The van der Waals surface area contributed by atoms with Crippen LogP contribution in [-0.4, -0.2) is 89.0 Å². The molecular weight excluding hydrogens is 725 g/mol. The van der Waals surface area contributed by atoms with Crippen LogP contribution in [0.15, 0.2) is 109 Å². The lowest BCUT2D eigenvalue weighted by atomic mass is 9.99. The van der Waals surface area contributed by atoms with Gasteiger partial charge in [0.15, 0.2) is 12.4 Å². The minimum absolute atomic E-state index is 0.0150. The highest BCUT2D eigenvalue weighted by Gasteiger charge is 2.44. The first-order chi connectivity index (χ1) is 27.8. The fourth-order valence-electron chi connectivity index (χ4n) is 5.43. The van der Waals surface area contributed by atoms with Gasteiger partial charge >= 0.3 is 11.9 Å². The van der Waals surface area contributed by atoms with Crippen LogP contribution in [0.5, 0.6) is 0 Å². The predicted molar refractivity (Wildman–Crippen MR) is 228 cm³/mol. The van der Waals surface area contributed by atoms with Gasteiger partial charge in [0.1, 0.15) is 31.0 Å². The summed E-state index contributed by atoms with van der Waals surface area (Å²) in [5, 5.41) is 40.0. The van der Waals surface area contributed by atoms with Crippen LogP contribution in [0.3, 0.4) is 0 Å². The number of aliphatic hydroxyl groups is 4. The highest BCUT2D eigenvalue weighted by Crippen LogP contribution is 2.22. The molecule has 1 fully saturated rings. The van der Waals surface area contributed by atoms with Crippen LogP contribution < -0.4 is 0 Å². The van der Waals surface area contributed by atoms with E-state index in [-0.39, 0.29) is 26.1 Å². The molecule has 1 rings (SSSR count). The standard InChI is InChI=1S/C47H72O10/c1-3-5-7-9-11-13-15-17-19-20-22-23-25-27-29-31-33-35-42(49)54-38-40(39-55-47-46(53)45(52)44(51)41(37-48)57-47)56-43(50)36-34-32-30-28-26-24-21-18-16-14-12-10-8-6-4-2/h5-8,11-14,17-19,21-23,26,28,32,34,40-41,44-48,51-53H,3-4,9-10,15-16,20,24-25,27,29-31,33,35-39H2,1-2H3/b7-5-,8-6-,13-11-,14-12-,19-17-,21-18-,23-22-,28-26-,34-32-. The largest absolute Gasteiger partial charge is 0.462 e. The van der Waals surface area contributed by atoms with Gasteiger partial charge in [-0.15, -0.1) is 0 Å². The van der Waals surface area contributed by atoms with Gasteiger partial charge in [-0.1, -0.05) is 136 Å². The first-order valence-electron chi connectivity index (χ1n) is 21.0. The molecule has 320 valence electrons. The van der Waals surface area contributed by atoms with E-state index in [0.29, 0.717) is 12.8 Å². The van der Waals surface area contributed by atoms with Crippen molar-refractivity contribution < 1.29 is 49.0 Å². The molecule has 1 aliphatic rings. The van der Waals surface area contributed by atoms with Crippen molar-refractivity contribution in [2.75, 3.05) is 19.8 Å². The second-order valence-electron chi connectivity index (χ2n) is 13.7. The lowest BCUT2D eigenvalue weighted by Crippen LogP contribution is -2.59. The van der Waals surface area contributed by atoms with Gasteiger partial charge in [0.05, 0.1) is 19.6 Å². The Hall–Kier alpha value is -3.64. The second kappa shape index (κ2) is 36.7. The molecule has 0 saturated carbocycles. The molecule has 0 aromatic rings. The van der Waals surface area contributed by atoms with Crippen molar-refractivity contribution >= 4 is 11.9 Å². The maximum Gasteiger partial charge on any atom is 0.310 e. The van der Waals surface area contributed by atoms with Crippen molar-refractivity contribution in [3.8, 4) is 0 Å². The van der Waals surface area contributed by atoms with E-state index in [1.807, 2.05) is 12.2 Å². The number of ether oxygens (including phenoxy) is 4. The number of allylic oxidation sites excluding steroid dienone is 17. The zero-order chi connectivity index (χ0) is 41.6. The summed E-state index contributed by atoms with van der Waals surface area (Å²) in [7, 11) is 0. The molecule has 6 unspecified atom stereocenters. The summed E-state index contributed by atoms with van der Waals surface area (Å²) in [4.78, 5) is 25.2. The first kappa shape index (κ1) is 51.4. The molecule has 1 aliphatic heterocycles. The van der Waals surface area contributed by atoms with Crippen molar-refractivity contribution in [2.45, 2.75) is 153 Å². The van der Waals surface area contributed by atoms with Crippen LogP contribution >= 0.6 is 0 Å². The molecule has 10 nitrogen and oxygen atoms in total. The number of carbonyl (C=O) groups excluding carboxylic acids is 2. The van der Waals surface area contributed by atoms with E-state index in [1.54, 1.807) is 6.08 Å². The minimum atomic E-state index is -1.62. The van der Waals surface area contributed by atoms with Crippen LogP contribution in [-0.2, 0) is 28.5 Å². The zero-order valence-electron chi connectivity index (χ0n) is 34.5. The van der Waals surface area contributed by atoms with Crippen molar-refractivity contribution in [1.29, 1.82) is 0 Å². The number of hydrogen-bond acceptors (Lipinski definition) is 10. The van der Waals surface area contributed by atoms with Crippen molar-refractivity contribution in [3.63, 3.8) is 0 Å². The van der Waals surface area contributed by atoms with Crippen LogP contribution in [0.4, 0.5) is 0 Å². The number of aliphatic hydroxyl groups excluding tert-OH is 4. The van der Waals surface area contributed by atoms with E-state index in [9.17, 15) is 30.0 Å². The maximum absolute atomic E-state index is 12.7. The van der Waals surface area contributed by atoms with E-state index in [2.05, 4.69) is 105 Å². The summed E-state index contributed by atoms with van der Waals surface area (Å²) >= 11 is 0. The topological polar surface area (TPSA) is 152 Å². The quantitative estimate of drug-likeness (QED) is 0.0296. The number of hydrogen-bond donors (Lipinski definition) is 4. The molecule has 1 heterocycles. The Balaban J connectivity index is 2.45. The molecule has 10 heteroatoms. The normalized spacial score (nSPS) is 21.4. The molecule has 57 heavy (non-hydrogen) atoms. The molecule has 0 aliphatic carbocycles. The molecule has 0 amide bonds. The molecule has 4 N–H and O–H groups in total. The van der Waals surface area contributed by atoms with Crippen molar-refractivity contribution in [2.24, 2.45) is 0 Å². The van der Waals surface area contributed by atoms with Gasteiger partial charge in [-0.25, -0.2) is 0 Å². The lowest BCUT2D eigenvalue weighted by molar-refractivity contribution is -0.305. The fraction of sp³-hybridized carbons (Fsp3) is 0.574. The highest BCUT2D eigenvalue weighted by atomic mass is 16.7. The summed E-state index contributed by atoms with van der Waals surface area (Å²) in [5.74, 6) is -0.997. The number of rotatable bonds is 32. The van der Waals surface area contributed by atoms with Gasteiger partial charge < -0.3 is 39.4 Å². The monoisotopic (exact) mass is 797 g/mol. The van der Waals surface area contributed by atoms with E-state index in [4.69, 9.17) is 18.9 Å². The molecule has 0 aromatic carbocycles. The molecule has 0 spiro atoms. The number of esters is 2. The number of carbonyl (C=O) groups is 2. The molecule has 0 aromatic heterocycles. The van der Waals surface area contributed by atoms with Gasteiger partial charge in [-0.3, -0.25) is 9.59 Å². The van der Waals surface area contributed by atoms with E-state index in [0.717, 1.165) is 77.0 Å². The SMILES string of the molecule is CC/C=C\C/C=C\C/C=C\C/C=C\C/C=C\CC(=O)OC(COC(=O)CCCCCC/C=C\C/C=C\C/C=C\C/C=C\CC)COC1OC(CO)C(O)C(O)C1O. The Bertz CT molecular complexity index is 1290. The van der Waals surface area contributed by atoms with E-state index >= 15 is 0 Å². The van der Waals surface area contributed by atoms with Crippen LogP contribution in [0, 0.1) is 0 Å². The van der Waals surface area contributed by atoms with Crippen molar-refractivity contribution in [1.82, 2.24) is 0 Å². The van der Waals surface area contributed by atoms with Crippen molar-refractivity contribution in [3.05, 3.63) is 109 Å². The second-order valence-corrected chi connectivity index (χ2v) is 13.7. The molecule has 6 atom stereocenters. The predicted octanol–water partition coefficient (Wildman–Crippen LogP) is 8.55. The molecule has 0 radical (unpaired) electrons. The minimum Gasteiger partial charge on any atom is -0.462 e. The Kier molecular flexibility index (Phi) is 33.1. The van der Waals surface area contributed by atoms with Crippen LogP contribution in [0.1, 0.15) is 117 Å².